The molecule has 0 bridgehead atoms. The molecule has 0 heterocycles. The van der Waals surface area contributed by atoms with Gasteiger partial charge in [0.25, 0.3) is 0 Å². The summed E-state index contributed by atoms with van der Waals surface area (Å²) in [5, 5.41) is 3.26. The van der Waals surface area contributed by atoms with E-state index in [4.69, 9.17) is 0 Å². The van der Waals surface area contributed by atoms with Crippen molar-refractivity contribution in [2.45, 2.75) is 64.8 Å². The minimum atomic E-state index is -3.07. The maximum atomic E-state index is 12.4. The molecule has 0 aromatic carbocycles. The molecule has 0 aliphatic heterocycles. The van der Waals surface area contributed by atoms with Crippen molar-refractivity contribution in [3.05, 3.63) is 0 Å². The zero-order valence-corrected chi connectivity index (χ0v) is 13.3. The van der Waals surface area contributed by atoms with Crippen LogP contribution < -0.4 is 5.32 Å². The lowest BCUT2D eigenvalue weighted by Crippen LogP contribution is -2.42. The molecule has 0 spiro atoms. The zero-order chi connectivity index (χ0) is 14.1. The standard InChI is InChI=1S/C14H30N2O2S/c1-3-11-15-12-8-13-19(17,18)16(4-2)14-9-6-5-7-10-14/h14-15H,3-13H2,1-2H3. The van der Waals surface area contributed by atoms with Crippen LogP contribution in [0.15, 0.2) is 0 Å². The first-order valence-electron chi connectivity index (χ1n) is 7.82. The van der Waals surface area contributed by atoms with Crippen molar-refractivity contribution in [3.63, 3.8) is 0 Å². The Kier molecular flexibility index (Phi) is 7.95. The van der Waals surface area contributed by atoms with E-state index in [1.54, 1.807) is 4.31 Å². The minimum Gasteiger partial charge on any atom is -0.317 e. The second kappa shape index (κ2) is 8.93. The van der Waals surface area contributed by atoms with Crippen LogP contribution in [0.1, 0.15) is 58.8 Å². The summed E-state index contributed by atoms with van der Waals surface area (Å²) in [5.74, 6) is 0.286. The molecule has 1 N–H and O–H groups in total. The van der Waals surface area contributed by atoms with Crippen molar-refractivity contribution in [1.82, 2.24) is 9.62 Å². The molecule has 114 valence electrons. The van der Waals surface area contributed by atoms with Crippen LogP contribution in [0.4, 0.5) is 0 Å². The highest BCUT2D eigenvalue weighted by Gasteiger charge is 2.28. The van der Waals surface area contributed by atoms with Gasteiger partial charge < -0.3 is 5.32 Å². The largest absolute Gasteiger partial charge is 0.317 e. The molecule has 5 heteroatoms. The molecule has 0 unspecified atom stereocenters. The fourth-order valence-corrected chi connectivity index (χ4v) is 4.65. The summed E-state index contributed by atoms with van der Waals surface area (Å²) in [7, 11) is -3.07. The van der Waals surface area contributed by atoms with Crippen LogP contribution in [0.3, 0.4) is 0 Å². The van der Waals surface area contributed by atoms with Gasteiger partial charge >= 0.3 is 0 Å². The summed E-state index contributed by atoms with van der Waals surface area (Å²) in [6, 6.07) is 0.257. The Hall–Kier alpha value is -0.130. The van der Waals surface area contributed by atoms with Gasteiger partial charge in [-0.1, -0.05) is 33.1 Å². The van der Waals surface area contributed by atoms with Crippen molar-refractivity contribution in [1.29, 1.82) is 0 Å². The SMILES string of the molecule is CCCNCCCS(=O)(=O)N(CC)C1CCCCC1. The summed E-state index contributed by atoms with van der Waals surface area (Å²) in [6.45, 7) is 6.47. The fourth-order valence-electron chi connectivity index (χ4n) is 2.85. The molecule has 0 aromatic rings. The molecule has 0 aromatic heterocycles. The van der Waals surface area contributed by atoms with Gasteiger partial charge in [-0.2, -0.15) is 4.31 Å². The first kappa shape index (κ1) is 16.9. The van der Waals surface area contributed by atoms with Crippen LogP contribution in [0.5, 0.6) is 0 Å². The molecule has 0 amide bonds. The molecular weight excluding hydrogens is 260 g/mol. The van der Waals surface area contributed by atoms with E-state index in [0.29, 0.717) is 13.0 Å². The van der Waals surface area contributed by atoms with E-state index >= 15 is 0 Å². The van der Waals surface area contributed by atoms with Gasteiger partial charge in [0, 0.05) is 12.6 Å². The van der Waals surface area contributed by atoms with Crippen molar-refractivity contribution in [3.8, 4) is 0 Å². The van der Waals surface area contributed by atoms with Crippen LogP contribution in [0.2, 0.25) is 0 Å². The number of sulfonamides is 1. The van der Waals surface area contributed by atoms with Gasteiger partial charge in [-0.25, -0.2) is 8.42 Å². The predicted octanol–water partition coefficient (Wildman–Crippen LogP) is 2.36. The number of nitrogens with one attached hydrogen (secondary N) is 1. The number of nitrogens with zero attached hydrogens (tertiary/aromatic N) is 1. The van der Waals surface area contributed by atoms with E-state index in [9.17, 15) is 8.42 Å². The smallest absolute Gasteiger partial charge is 0.214 e. The Labute approximate surface area is 119 Å². The number of rotatable bonds is 9. The van der Waals surface area contributed by atoms with Crippen LogP contribution in [-0.2, 0) is 10.0 Å². The molecule has 1 saturated carbocycles. The monoisotopic (exact) mass is 290 g/mol. The maximum absolute atomic E-state index is 12.4. The van der Waals surface area contributed by atoms with Crippen molar-refractivity contribution < 1.29 is 8.42 Å². The third kappa shape index (κ3) is 5.79. The van der Waals surface area contributed by atoms with Gasteiger partial charge in [-0.05, 0) is 38.8 Å². The summed E-state index contributed by atoms with van der Waals surface area (Å²) in [4.78, 5) is 0. The first-order chi connectivity index (χ1) is 9.11. The van der Waals surface area contributed by atoms with E-state index in [1.165, 1.54) is 19.3 Å². The Morgan fingerprint density at radius 3 is 2.37 bits per heavy atom. The predicted molar refractivity (Wildman–Crippen MR) is 80.8 cm³/mol. The lowest BCUT2D eigenvalue weighted by atomic mass is 9.95. The van der Waals surface area contributed by atoms with Crippen molar-refractivity contribution in [2.75, 3.05) is 25.4 Å². The maximum Gasteiger partial charge on any atom is 0.214 e. The lowest BCUT2D eigenvalue weighted by Gasteiger charge is -2.32. The Morgan fingerprint density at radius 1 is 1.11 bits per heavy atom. The van der Waals surface area contributed by atoms with Gasteiger partial charge in [-0.3, -0.25) is 0 Å². The molecule has 1 rings (SSSR count). The fraction of sp³-hybridized carbons (Fsp3) is 1.00. The molecule has 1 aliphatic carbocycles. The van der Waals surface area contributed by atoms with E-state index in [-0.39, 0.29) is 11.8 Å². The third-order valence-corrected chi connectivity index (χ3v) is 5.91. The highest BCUT2D eigenvalue weighted by atomic mass is 32.2. The van der Waals surface area contributed by atoms with Gasteiger partial charge in [0.2, 0.25) is 10.0 Å². The Balaban J connectivity index is 2.43. The molecular formula is C14H30N2O2S. The van der Waals surface area contributed by atoms with Crippen LogP contribution in [0.25, 0.3) is 0 Å². The van der Waals surface area contributed by atoms with E-state index in [2.05, 4.69) is 12.2 Å². The molecule has 0 radical (unpaired) electrons. The number of hydrogen-bond acceptors (Lipinski definition) is 3. The highest BCUT2D eigenvalue weighted by Crippen LogP contribution is 2.24. The van der Waals surface area contributed by atoms with Crippen molar-refractivity contribution in [2.24, 2.45) is 0 Å². The quantitative estimate of drug-likeness (QED) is 0.663. The summed E-state index contributed by atoms with van der Waals surface area (Å²) in [5.41, 5.74) is 0. The normalized spacial score (nSPS) is 18.1. The van der Waals surface area contributed by atoms with E-state index in [0.717, 1.165) is 32.4 Å². The molecule has 1 aliphatic rings. The molecule has 0 atom stereocenters. The zero-order valence-electron chi connectivity index (χ0n) is 12.5. The Morgan fingerprint density at radius 2 is 1.79 bits per heavy atom. The van der Waals surface area contributed by atoms with Crippen molar-refractivity contribution >= 4 is 10.0 Å². The lowest BCUT2D eigenvalue weighted by molar-refractivity contribution is 0.261. The molecule has 0 saturated heterocycles. The third-order valence-electron chi connectivity index (χ3n) is 3.83. The average molecular weight is 290 g/mol. The molecule has 1 fully saturated rings. The van der Waals surface area contributed by atoms with Crippen LogP contribution in [-0.4, -0.2) is 44.2 Å². The van der Waals surface area contributed by atoms with Crippen LogP contribution >= 0.6 is 0 Å². The second-order valence-corrected chi connectivity index (χ2v) is 7.46. The summed E-state index contributed by atoms with van der Waals surface area (Å²) >= 11 is 0. The highest BCUT2D eigenvalue weighted by molar-refractivity contribution is 7.89. The van der Waals surface area contributed by atoms with Gasteiger partial charge in [0.1, 0.15) is 0 Å². The van der Waals surface area contributed by atoms with Gasteiger partial charge in [0.15, 0.2) is 0 Å². The van der Waals surface area contributed by atoms with Gasteiger partial charge in [-0.15, -0.1) is 0 Å². The molecule has 4 nitrogen and oxygen atoms in total. The van der Waals surface area contributed by atoms with Crippen LogP contribution in [0, 0.1) is 0 Å². The number of hydrogen-bond donors (Lipinski definition) is 1. The molecule has 19 heavy (non-hydrogen) atoms. The summed E-state index contributed by atoms with van der Waals surface area (Å²) < 4.78 is 26.5. The average Bonchev–Trinajstić information content (AvgIpc) is 2.40. The minimum absolute atomic E-state index is 0.257. The Bertz CT molecular complexity index is 324. The van der Waals surface area contributed by atoms with E-state index in [1.807, 2.05) is 6.92 Å². The van der Waals surface area contributed by atoms with Gasteiger partial charge in [0.05, 0.1) is 5.75 Å². The van der Waals surface area contributed by atoms with E-state index < -0.39 is 10.0 Å². The summed E-state index contributed by atoms with van der Waals surface area (Å²) in [6.07, 6.45) is 7.50. The first-order valence-corrected chi connectivity index (χ1v) is 9.43. The topological polar surface area (TPSA) is 49.4 Å². The second-order valence-electron chi connectivity index (χ2n) is 5.41.